The highest BCUT2D eigenvalue weighted by molar-refractivity contribution is 5.44. The third-order valence-corrected chi connectivity index (χ3v) is 5.31. The van der Waals surface area contributed by atoms with Crippen LogP contribution in [0.4, 0.5) is 0 Å². The Bertz CT molecular complexity index is 619. The monoisotopic (exact) mass is 263 g/mol. The maximum atomic E-state index is 2.70. The van der Waals surface area contributed by atoms with Crippen molar-refractivity contribution in [3.8, 4) is 0 Å². The molecule has 2 aliphatic rings. The molecule has 0 N–H and O–H groups in total. The van der Waals surface area contributed by atoms with E-state index in [9.17, 15) is 0 Å². The van der Waals surface area contributed by atoms with E-state index in [0.717, 1.165) is 6.54 Å². The lowest BCUT2D eigenvalue weighted by Crippen LogP contribution is -2.45. The van der Waals surface area contributed by atoms with Crippen molar-refractivity contribution in [1.82, 2.24) is 4.90 Å². The number of hydrogen-bond donors (Lipinski definition) is 0. The van der Waals surface area contributed by atoms with Gasteiger partial charge in [0.1, 0.15) is 0 Å². The fraction of sp³-hybridized carbons (Fsp3) is 0.368. The molecule has 0 aromatic heterocycles. The SMILES string of the molecule is C[C@@]12CCCN1C[C@@H](c1ccccc1)c1ccccc12. The van der Waals surface area contributed by atoms with Gasteiger partial charge in [0.25, 0.3) is 0 Å². The molecule has 0 saturated carbocycles. The van der Waals surface area contributed by atoms with E-state index in [-0.39, 0.29) is 5.54 Å². The lowest BCUT2D eigenvalue weighted by atomic mass is 9.75. The van der Waals surface area contributed by atoms with Gasteiger partial charge in [-0.15, -0.1) is 0 Å². The number of fused-ring (bicyclic) bond motifs is 3. The predicted octanol–water partition coefficient (Wildman–Crippen LogP) is 4.14. The zero-order valence-electron chi connectivity index (χ0n) is 12.0. The molecule has 1 nitrogen and oxygen atoms in total. The lowest BCUT2D eigenvalue weighted by molar-refractivity contribution is 0.134. The van der Waals surface area contributed by atoms with Crippen LogP contribution in [0.3, 0.4) is 0 Å². The van der Waals surface area contributed by atoms with Gasteiger partial charge in [-0.05, 0) is 43.0 Å². The third-order valence-electron chi connectivity index (χ3n) is 5.31. The second-order valence-corrected chi connectivity index (χ2v) is 6.37. The van der Waals surface area contributed by atoms with Crippen molar-refractivity contribution in [3.63, 3.8) is 0 Å². The second kappa shape index (κ2) is 4.46. The smallest absolute Gasteiger partial charge is 0.0436 e. The van der Waals surface area contributed by atoms with Crippen molar-refractivity contribution in [2.45, 2.75) is 31.2 Å². The summed E-state index contributed by atoms with van der Waals surface area (Å²) in [6.07, 6.45) is 2.62. The minimum Gasteiger partial charge on any atom is -0.293 e. The normalized spacial score (nSPS) is 28.9. The molecule has 0 spiro atoms. The van der Waals surface area contributed by atoms with Crippen LogP contribution in [-0.4, -0.2) is 18.0 Å². The Hall–Kier alpha value is -1.60. The van der Waals surface area contributed by atoms with Gasteiger partial charge in [-0.2, -0.15) is 0 Å². The first-order chi connectivity index (χ1) is 9.79. The first-order valence-corrected chi connectivity index (χ1v) is 7.68. The van der Waals surface area contributed by atoms with Gasteiger partial charge in [-0.3, -0.25) is 4.90 Å². The molecule has 2 aromatic carbocycles. The van der Waals surface area contributed by atoms with E-state index in [1.54, 1.807) is 11.1 Å². The van der Waals surface area contributed by atoms with Crippen LogP contribution < -0.4 is 0 Å². The average molecular weight is 263 g/mol. The fourth-order valence-corrected chi connectivity index (χ4v) is 4.20. The summed E-state index contributed by atoms with van der Waals surface area (Å²) in [6.45, 7) is 4.84. The number of rotatable bonds is 1. The summed E-state index contributed by atoms with van der Waals surface area (Å²) < 4.78 is 0. The van der Waals surface area contributed by atoms with E-state index < -0.39 is 0 Å². The summed E-state index contributed by atoms with van der Waals surface area (Å²) in [4.78, 5) is 2.70. The van der Waals surface area contributed by atoms with Crippen LogP contribution in [0.2, 0.25) is 0 Å². The summed E-state index contributed by atoms with van der Waals surface area (Å²) >= 11 is 0. The van der Waals surface area contributed by atoms with E-state index in [2.05, 4.69) is 66.4 Å². The maximum absolute atomic E-state index is 2.70. The Morgan fingerprint density at radius 1 is 1.00 bits per heavy atom. The Balaban J connectivity index is 1.87. The third kappa shape index (κ3) is 1.66. The van der Waals surface area contributed by atoms with Crippen LogP contribution in [0.1, 0.15) is 42.4 Å². The lowest BCUT2D eigenvalue weighted by Gasteiger charge is -2.45. The summed E-state index contributed by atoms with van der Waals surface area (Å²) in [5.41, 5.74) is 4.81. The Kier molecular flexibility index (Phi) is 2.71. The molecule has 0 bridgehead atoms. The first kappa shape index (κ1) is 12.2. The quantitative estimate of drug-likeness (QED) is 0.747. The van der Waals surface area contributed by atoms with E-state index in [1.165, 1.54) is 24.9 Å². The van der Waals surface area contributed by atoms with Gasteiger partial charge in [-0.1, -0.05) is 54.6 Å². The molecule has 0 amide bonds. The predicted molar refractivity (Wildman–Crippen MR) is 82.9 cm³/mol. The van der Waals surface area contributed by atoms with E-state index in [4.69, 9.17) is 0 Å². The Morgan fingerprint density at radius 2 is 1.75 bits per heavy atom. The molecule has 2 atom stereocenters. The largest absolute Gasteiger partial charge is 0.293 e. The number of nitrogens with zero attached hydrogens (tertiary/aromatic N) is 1. The van der Waals surface area contributed by atoms with Crippen molar-refractivity contribution in [2.75, 3.05) is 13.1 Å². The summed E-state index contributed by atoms with van der Waals surface area (Å²) in [6, 6.07) is 20.1. The highest BCUT2D eigenvalue weighted by Gasteiger charge is 2.44. The molecule has 1 heteroatoms. The maximum Gasteiger partial charge on any atom is 0.0436 e. The molecule has 4 rings (SSSR count). The molecule has 2 heterocycles. The molecule has 0 aliphatic carbocycles. The highest BCUT2D eigenvalue weighted by Crippen LogP contribution is 2.47. The number of benzene rings is 2. The molecule has 1 saturated heterocycles. The topological polar surface area (TPSA) is 3.24 Å². The summed E-state index contributed by atoms with van der Waals surface area (Å²) in [5, 5.41) is 0. The standard InChI is InChI=1S/C19H21N/c1-19-12-7-13-20(19)14-17(15-8-3-2-4-9-15)16-10-5-6-11-18(16)19/h2-6,8-11,17H,7,12-14H2,1H3/t17-,19-/m0/s1. The molecular weight excluding hydrogens is 242 g/mol. The van der Waals surface area contributed by atoms with Gasteiger partial charge < -0.3 is 0 Å². The van der Waals surface area contributed by atoms with Gasteiger partial charge in [-0.25, -0.2) is 0 Å². The second-order valence-electron chi connectivity index (χ2n) is 6.37. The molecule has 20 heavy (non-hydrogen) atoms. The van der Waals surface area contributed by atoms with Gasteiger partial charge >= 0.3 is 0 Å². The van der Waals surface area contributed by atoms with Crippen molar-refractivity contribution in [1.29, 1.82) is 0 Å². The van der Waals surface area contributed by atoms with Crippen molar-refractivity contribution >= 4 is 0 Å². The minimum absolute atomic E-state index is 0.266. The molecule has 102 valence electrons. The van der Waals surface area contributed by atoms with Gasteiger partial charge in [0.15, 0.2) is 0 Å². The van der Waals surface area contributed by atoms with Crippen molar-refractivity contribution < 1.29 is 0 Å². The van der Waals surface area contributed by atoms with Crippen LogP contribution in [0.5, 0.6) is 0 Å². The van der Waals surface area contributed by atoms with Gasteiger partial charge in [0, 0.05) is 18.0 Å². The zero-order chi connectivity index (χ0) is 13.6. The van der Waals surface area contributed by atoms with Crippen LogP contribution in [0.15, 0.2) is 54.6 Å². The zero-order valence-corrected chi connectivity index (χ0v) is 12.0. The first-order valence-electron chi connectivity index (χ1n) is 7.68. The van der Waals surface area contributed by atoms with Gasteiger partial charge in [0.2, 0.25) is 0 Å². The van der Waals surface area contributed by atoms with Crippen LogP contribution in [0, 0.1) is 0 Å². The fourth-order valence-electron chi connectivity index (χ4n) is 4.20. The number of hydrogen-bond acceptors (Lipinski definition) is 1. The molecule has 1 fully saturated rings. The van der Waals surface area contributed by atoms with E-state index in [1.807, 2.05) is 0 Å². The molecular formula is C19H21N. The van der Waals surface area contributed by atoms with E-state index in [0.29, 0.717) is 5.92 Å². The molecule has 2 aliphatic heterocycles. The summed E-state index contributed by atoms with van der Waals surface area (Å²) in [7, 11) is 0. The van der Waals surface area contributed by atoms with Crippen molar-refractivity contribution in [2.24, 2.45) is 0 Å². The Labute approximate surface area is 121 Å². The van der Waals surface area contributed by atoms with E-state index >= 15 is 0 Å². The minimum atomic E-state index is 0.266. The van der Waals surface area contributed by atoms with Crippen LogP contribution in [-0.2, 0) is 5.54 Å². The molecule has 0 unspecified atom stereocenters. The molecule has 2 aromatic rings. The average Bonchev–Trinajstić information content (AvgIpc) is 2.89. The molecule has 0 radical (unpaired) electrons. The van der Waals surface area contributed by atoms with Gasteiger partial charge in [0.05, 0.1) is 0 Å². The van der Waals surface area contributed by atoms with Crippen LogP contribution >= 0.6 is 0 Å². The van der Waals surface area contributed by atoms with Crippen molar-refractivity contribution in [3.05, 3.63) is 71.3 Å². The highest BCUT2D eigenvalue weighted by atomic mass is 15.2. The Morgan fingerprint density at radius 3 is 2.60 bits per heavy atom. The van der Waals surface area contributed by atoms with Crippen LogP contribution in [0.25, 0.3) is 0 Å². The summed E-state index contributed by atoms with van der Waals surface area (Å²) in [5.74, 6) is 0.526.